The third-order valence-corrected chi connectivity index (χ3v) is 5.69. The summed E-state index contributed by atoms with van der Waals surface area (Å²) < 4.78 is 0. The highest BCUT2D eigenvalue weighted by atomic mass is 32.2. The highest BCUT2D eigenvalue weighted by molar-refractivity contribution is 7.98. The first kappa shape index (κ1) is 24.2. The zero-order chi connectivity index (χ0) is 21.3. The van der Waals surface area contributed by atoms with Crippen molar-refractivity contribution in [3.05, 3.63) is 0 Å². The van der Waals surface area contributed by atoms with E-state index in [9.17, 15) is 24.3 Å². The van der Waals surface area contributed by atoms with Crippen molar-refractivity contribution in [2.75, 3.05) is 25.1 Å². The minimum atomic E-state index is -1.09. The second-order valence-corrected chi connectivity index (χ2v) is 7.99. The van der Waals surface area contributed by atoms with Gasteiger partial charge in [0.2, 0.25) is 17.7 Å². The summed E-state index contributed by atoms with van der Waals surface area (Å²) in [6.07, 6.45) is 3.95. The maximum absolute atomic E-state index is 13.1. The van der Waals surface area contributed by atoms with Gasteiger partial charge < -0.3 is 26.4 Å². The van der Waals surface area contributed by atoms with Crippen LogP contribution in [0, 0.1) is 5.92 Å². The maximum atomic E-state index is 13.1. The van der Waals surface area contributed by atoms with Gasteiger partial charge in [-0.05, 0) is 37.2 Å². The Hall–Kier alpha value is -1.81. The van der Waals surface area contributed by atoms with Crippen LogP contribution >= 0.6 is 11.8 Å². The van der Waals surface area contributed by atoms with Crippen molar-refractivity contribution in [1.82, 2.24) is 15.5 Å². The molecular formula is C18H32N4O5S. The van der Waals surface area contributed by atoms with Crippen molar-refractivity contribution in [3.63, 3.8) is 0 Å². The maximum Gasteiger partial charge on any atom is 0.326 e. The van der Waals surface area contributed by atoms with E-state index < -0.39 is 35.9 Å². The number of likely N-dealkylation sites (tertiary alicyclic amines) is 1. The van der Waals surface area contributed by atoms with Gasteiger partial charge in [-0.2, -0.15) is 11.8 Å². The lowest BCUT2D eigenvalue weighted by molar-refractivity contribution is -0.145. The molecule has 0 radical (unpaired) electrons. The van der Waals surface area contributed by atoms with Crippen LogP contribution in [-0.4, -0.2) is 76.9 Å². The fourth-order valence-corrected chi connectivity index (χ4v) is 3.63. The largest absolute Gasteiger partial charge is 0.480 e. The molecule has 4 unspecified atom stereocenters. The molecule has 1 heterocycles. The van der Waals surface area contributed by atoms with Crippen LogP contribution in [-0.2, 0) is 19.2 Å². The van der Waals surface area contributed by atoms with E-state index in [0.29, 0.717) is 38.0 Å². The van der Waals surface area contributed by atoms with Crippen LogP contribution in [0.15, 0.2) is 0 Å². The minimum absolute atomic E-state index is 0.124. The number of carbonyl (C=O) groups is 4. The van der Waals surface area contributed by atoms with Crippen LogP contribution in [0.5, 0.6) is 0 Å². The predicted octanol–water partition coefficient (Wildman–Crippen LogP) is -0.210. The van der Waals surface area contributed by atoms with Gasteiger partial charge in [-0.15, -0.1) is 0 Å². The monoisotopic (exact) mass is 416 g/mol. The second kappa shape index (κ2) is 11.9. The van der Waals surface area contributed by atoms with E-state index in [0.717, 1.165) is 0 Å². The molecule has 1 rings (SSSR count). The number of aliphatic carboxylic acids is 1. The summed E-state index contributed by atoms with van der Waals surface area (Å²) in [6, 6.07) is -2.48. The summed E-state index contributed by atoms with van der Waals surface area (Å²) in [5.74, 6) is -1.84. The minimum Gasteiger partial charge on any atom is -0.480 e. The van der Waals surface area contributed by atoms with Gasteiger partial charge in [-0.3, -0.25) is 14.4 Å². The molecule has 1 aliphatic rings. The van der Waals surface area contributed by atoms with E-state index >= 15 is 0 Å². The number of hydrogen-bond acceptors (Lipinski definition) is 6. The van der Waals surface area contributed by atoms with E-state index in [-0.39, 0.29) is 18.4 Å². The first-order chi connectivity index (χ1) is 13.3. The van der Waals surface area contributed by atoms with Gasteiger partial charge in [-0.1, -0.05) is 20.3 Å². The summed E-state index contributed by atoms with van der Waals surface area (Å²) >= 11 is 1.50. The van der Waals surface area contributed by atoms with E-state index in [2.05, 4.69) is 10.6 Å². The van der Waals surface area contributed by atoms with Crippen LogP contribution in [0.25, 0.3) is 0 Å². The van der Waals surface area contributed by atoms with Gasteiger partial charge in [0.15, 0.2) is 0 Å². The number of nitrogens with two attached hydrogens (primary N) is 1. The Bertz CT molecular complexity index is 574. The summed E-state index contributed by atoms with van der Waals surface area (Å²) in [5, 5.41) is 14.5. The summed E-state index contributed by atoms with van der Waals surface area (Å²) in [6.45, 7) is 3.94. The number of carboxylic acids is 1. The number of carboxylic acid groups (broad SMARTS) is 1. The summed E-state index contributed by atoms with van der Waals surface area (Å²) in [4.78, 5) is 50.4. The molecule has 0 aromatic rings. The zero-order valence-electron chi connectivity index (χ0n) is 16.8. The number of nitrogens with one attached hydrogen (secondary N) is 2. The molecule has 4 atom stereocenters. The molecule has 160 valence electrons. The van der Waals surface area contributed by atoms with Gasteiger partial charge in [0.1, 0.15) is 18.1 Å². The van der Waals surface area contributed by atoms with E-state index in [4.69, 9.17) is 5.73 Å². The Balaban J connectivity index is 2.90. The molecule has 1 aliphatic heterocycles. The molecular weight excluding hydrogens is 384 g/mol. The van der Waals surface area contributed by atoms with Gasteiger partial charge in [0.05, 0.1) is 6.54 Å². The van der Waals surface area contributed by atoms with E-state index in [1.807, 2.05) is 20.1 Å². The molecule has 1 saturated heterocycles. The third kappa shape index (κ3) is 6.66. The molecule has 0 aromatic heterocycles. The fraction of sp³-hybridized carbons (Fsp3) is 0.778. The molecule has 0 saturated carbocycles. The quantitative estimate of drug-likeness (QED) is 0.365. The van der Waals surface area contributed by atoms with Gasteiger partial charge in [-0.25, -0.2) is 4.79 Å². The van der Waals surface area contributed by atoms with Gasteiger partial charge >= 0.3 is 5.97 Å². The highest BCUT2D eigenvalue weighted by Crippen LogP contribution is 2.21. The first-order valence-corrected chi connectivity index (χ1v) is 11.0. The van der Waals surface area contributed by atoms with Gasteiger partial charge in [0, 0.05) is 6.54 Å². The first-order valence-electron chi connectivity index (χ1n) is 9.58. The Kier molecular flexibility index (Phi) is 10.3. The van der Waals surface area contributed by atoms with Crippen molar-refractivity contribution in [3.8, 4) is 0 Å². The van der Waals surface area contributed by atoms with Crippen LogP contribution in [0.2, 0.25) is 0 Å². The predicted molar refractivity (Wildman–Crippen MR) is 108 cm³/mol. The molecule has 0 bridgehead atoms. The van der Waals surface area contributed by atoms with Crippen LogP contribution in [0.4, 0.5) is 0 Å². The highest BCUT2D eigenvalue weighted by Gasteiger charge is 2.39. The second-order valence-electron chi connectivity index (χ2n) is 7.01. The number of rotatable bonds is 11. The topological polar surface area (TPSA) is 142 Å². The van der Waals surface area contributed by atoms with Crippen LogP contribution in [0.1, 0.15) is 39.5 Å². The molecule has 0 aromatic carbocycles. The summed E-state index contributed by atoms with van der Waals surface area (Å²) in [7, 11) is 0. The van der Waals surface area contributed by atoms with Crippen molar-refractivity contribution in [1.29, 1.82) is 0 Å². The Morgan fingerprint density at radius 3 is 2.50 bits per heavy atom. The average Bonchev–Trinajstić information content (AvgIpc) is 3.17. The number of nitrogens with zero attached hydrogens (tertiary/aromatic N) is 1. The lowest BCUT2D eigenvalue weighted by atomic mass is 9.97. The molecule has 0 aliphatic carbocycles. The fourth-order valence-electron chi connectivity index (χ4n) is 3.16. The lowest BCUT2D eigenvalue weighted by Gasteiger charge is -2.31. The standard InChI is InChI=1S/C18H32N4O5S/c1-4-11(2)15(21-14(23)10-19)17(25)22-8-5-6-13(22)16(24)20-12(18(26)27)7-9-28-3/h11-13,15H,4-10,19H2,1-3H3,(H,20,24)(H,21,23)(H,26,27). The average molecular weight is 417 g/mol. The van der Waals surface area contributed by atoms with Crippen molar-refractivity contribution < 1.29 is 24.3 Å². The Labute approximate surface area is 170 Å². The van der Waals surface area contributed by atoms with Crippen LogP contribution in [0.3, 0.4) is 0 Å². The van der Waals surface area contributed by atoms with Crippen LogP contribution < -0.4 is 16.4 Å². The smallest absolute Gasteiger partial charge is 0.326 e. The molecule has 28 heavy (non-hydrogen) atoms. The normalized spacial score (nSPS) is 19.6. The molecule has 0 spiro atoms. The SMILES string of the molecule is CCC(C)C(NC(=O)CN)C(=O)N1CCCC1C(=O)NC(CCSC)C(=O)O. The number of carbonyl (C=O) groups excluding carboxylic acids is 3. The van der Waals surface area contributed by atoms with Crippen molar-refractivity contribution in [2.45, 2.75) is 57.7 Å². The molecule has 9 nitrogen and oxygen atoms in total. The van der Waals surface area contributed by atoms with E-state index in [1.165, 1.54) is 16.7 Å². The third-order valence-electron chi connectivity index (χ3n) is 5.04. The zero-order valence-corrected chi connectivity index (χ0v) is 17.6. The Morgan fingerprint density at radius 1 is 1.29 bits per heavy atom. The summed E-state index contributed by atoms with van der Waals surface area (Å²) in [5.41, 5.74) is 5.36. The molecule has 1 fully saturated rings. The number of hydrogen-bond donors (Lipinski definition) is 4. The van der Waals surface area contributed by atoms with Crippen molar-refractivity contribution in [2.24, 2.45) is 11.7 Å². The molecule has 10 heteroatoms. The Morgan fingerprint density at radius 2 is 1.96 bits per heavy atom. The van der Waals surface area contributed by atoms with E-state index in [1.54, 1.807) is 0 Å². The number of thioether (sulfide) groups is 1. The lowest BCUT2D eigenvalue weighted by Crippen LogP contribution is -2.57. The molecule has 3 amide bonds. The van der Waals surface area contributed by atoms with Crippen molar-refractivity contribution >= 4 is 35.5 Å². The van der Waals surface area contributed by atoms with Gasteiger partial charge in [0.25, 0.3) is 0 Å². The molecule has 5 N–H and O–H groups in total. The number of amides is 3.